The molecule has 0 saturated carbocycles. The third kappa shape index (κ3) is 5.11. The van der Waals surface area contributed by atoms with Crippen molar-refractivity contribution >= 4 is 0 Å². The van der Waals surface area contributed by atoms with Crippen molar-refractivity contribution in [1.82, 2.24) is 10.2 Å². The number of nitrogens with one attached hydrogen (secondary N) is 1. The predicted molar refractivity (Wildman–Crippen MR) is 40.6 cm³/mol. The summed E-state index contributed by atoms with van der Waals surface area (Å²) in [4.78, 5) is 1.44. The number of aliphatic hydroxyl groups excluding tert-OH is 3. The molecule has 0 aromatic heterocycles. The Balaban J connectivity index is 3.44. The Kier molecular flexibility index (Phi) is 6.39. The quantitative estimate of drug-likeness (QED) is 0.346. The van der Waals surface area contributed by atoms with Gasteiger partial charge in [0.15, 0.2) is 0 Å². The molecule has 0 heterocycles. The summed E-state index contributed by atoms with van der Waals surface area (Å²) < 4.78 is 0. The molecule has 5 nitrogen and oxygen atoms in total. The van der Waals surface area contributed by atoms with E-state index in [1.165, 1.54) is 4.90 Å². The summed E-state index contributed by atoms with van der Waals surface area (Å²) in [6.45, 7) is 1.93. The minimum absolute atomic E-state index is 0.0549. The molecule has 0 rings (SSSR count). The summed E-state index contributed by atoms with van der Waals surface area (Å²) in [5.41, 5.74) is 0. The highest BCUT2D eigenvalue weighted by atomic mass is 16.3. The first-order valence-electron chi connectivity index (χ1n) is 3.53. The first-order valence-corrected chi connectivity index (χ1v) is 3.53. The summed E-state index contributed by atoms with van der Waals surface area (Å²) in [6, 6.07) is 0.0549. The molecule has 0 aliphatic heterocycles. The highest BCUT2D eigenvalue weighted by molar-refractivity contribution is 4.61. The van der Waals surface area contributed by atoms with Crippen LogP contribution < -0.4 is 5.32 Å². The molecule has 0 radical (unpaired) electrons. The molecule has 0 aromatic carbocycles. The Morgan fingerprint density at radius 2 is 1.82 bits per heavy atom. The van der Waals surface area contributed by atoms with Crippen LogP contribution in [0.15, 0.2) is 0 Å². The van der Waals surface area contributed by atoms with Gasteiger partial charge in [0.2, 0.25) is 0 Å². The average molecular weight is 164 g/mol. The van der Waals surface area contributed by atoms with Gasteiger partial charge in [-0.2, -0.15) is 0 Å². The van der Waals surface area contributed by atoms with E-state index in [-0.39, 0.29) is 26.2 Å². The van der Waals surface area contributed by atoms with E-state index in [1.54, 1.807) is 0 Å². The Labute approximate surface area is 66.3 Å². The van der Waals surface area contributed by atoms with Crippen LogP contribution in [-0.2, 0) is 0 Å². The fraction of sp³-hybridized carbons (Fsp3) is 1.00. The van der Waals surface area contributed by atoms with Gasteiger partial charge in [0.1, 0.15) is 0 Å². The molecule has 1 unspecified atom stereocenters. The van der Waals surface area contributed by atoms with Crippen molar-refractivity contribution in [3.63, 3.8) is 0 Å². The lowest BCUT2D eigenvalue weighted by atomic mass is 10.3. The lowest BCUT2D eigenvalue weighted by molar-refractivity contribution is 0.0220. The van der Waals surface area contributed by atoms with Crippen molar-refractivity contribution in [3.05, 3.63) is 0 Å². The third-order valence-corrected chi connectivity index (χ3v) is 1.37. The molecular weight excluding hydrogens is 148 g/mol. The molecule has 68 valence electrons. The van der Waals surface area contributed by atoms with E-state index in [2.05, 4.69) is 5.32 Å². The SMILES string of the molecule is CC(CN(CO)CO)NCO. The maximum absolute atomic E-state index is 8.62. The van der Waals surface area contributed by atoms with Crippen molar-refractivity contribution < 1.29 is 15.3 Å². The second-order valence-corrected chi connectivity index (χ2v) is 2.40. The number of hydrogen-bond donors (Lipinski definition) is 4. The first-order chi connectivity index (χ1) is 5.24. The molecule has 0 aromatic rings. The van der Waals surface area contributed by atoms with Gasteiger partial charge >= 0.3 is 0 Å². The van der Waals surface area contributed by atoms with Gasteiger partial charge in [-0.1, -0.05) is 0 Å². The van der Waals surface area contributed by atoms with Crippen molar-refractivity contribution in [2.24, 2.45) is 0 Å². The summed E-state index contributed by atoms with van der Waals surface area (Å²) in [7, 11) is 0. The van der Waals surface area contributed by atoms with Crippen molar-refractivity contribution in [2.75, 3.05) is 26.7 Å². The van der Waals surface area contributed by atoms with E-state index in [1.807, 2.05) is 6.92 Å². The first kappa shape index (κ1) is 10.8. The van der Waals surface area contributed by atoms with Crippen LogP contribution in [0.3, 0.4) is 0 Å². The fourth-order valence-electron chi connectivity index (χ4n) is 0.768. The van der Waals surface area contributed by atoms with Gasteiger partial charge in [-0.05, 0) is 6.92 Å². The number of aliphatic hydroxyl groups is 3. The fourth-order valence-corrected chi connectivity index (χ4v) is 0.768. The van der Waals surface area contributed by atoms with E-state index < -0.39 is 0 Å². The van der Waals surface area contributed by atoms with Gasteiger partial charge in [-0.3, -0.25) is 10.2 Å². The van der Waals surface area contributed by atoms with Crippen LogP contribution in [0, 0.1) is 0 Å². The monoisotopic (exact) mass is 164 g/mol. The van der Waals surface area contributed by atoms with E-state index >= 15 is 0 Å². The Bertz CT molecular complexity index is 87.9. The molecule has 0 amide bonds. The molecule has 11 heavy (non-hydrogen) atoms. The maximum atomic E-state index is 8.62. The van der Waals surface area contributed by atoms with Crippen molar-refractivity contribution in [1.29, 1.82) is 0 Å². The van der Waals surface area contributed by atoms with Crippen LogP contribution in [0.25, 0.3) is 0 Å². The average Bonchev–Trinajstić information content (AvgIpc) is 2.01. The topological polar surface area (TPSA) is 76.0 Å². The summed E-state index contributed by atoms with van der Waals surface area (Å²) in [5, 5.41) is 28.4. The Morgan fingerprint density at radius 1 is 1.27 bits per heavy atom. The van der Waals surface area contributed by atoms with Crippen molar-refractivity contribution in [2.45, 2.75) is 13.0 Å². The van der Waals surface area contributed by atoms with Crippen LogP contribution in [-0.4, -0.2) is 53.0 Å². The number of hydrogen-bond acceptors (Lipinski definition) is 5. The van der Waals surface area contributed by atoms with Crippen LogP contribution in [0.2, 0.25) is 0 Å². The standard InChI is InChI=1S/C6H16N2O3/c1-6(7-3-9)2-8(4-10)5-11/h6-7,9-11H,2-5H2,1H3. The molecule has 0 spiro atoms. The summed E-state index contributed by atoms with van der Waals surface area (Å²) >= 11 is 0. The molecular formula is C6H16N2O3. The zero-order valence-electron chi connectivity index (χ0n) is 6.69. The van der Waals surface area contributed by atoms with Crippen LogP contribution in [0.1, 0.15) is 6.92 Å². The van der Waals surface area contributed by atoms with Crippen molar-refractivity contribution in [3.8, 4) is 0 Å². The van der Waals surface area contributed by atoms with Gasteiger partial charge in [0.25, 0.3) is 0 Å². The van der Waals surface area contributed by atoms with Crippen LogP contribution in [0.4, 0.5) is 0 Å². The molecule has 0 fully saturated rings. The second-order valence-electron chi connectivity index (χ2n) is 2.40. The van der Waals surface area contributed by atoms with E-state index in [9.17, 15) is 0 Å². The Morgan fingerprint density at radius 3 is 2.18 bits per heavy atom. The largest absolute Gasteiger partial charge is 0.381 e. The van der Waals surface area contributed by atoms with Crippen LogP contribution >= 0.6 is 0 Å². The Hall–Kier alpha value is -0.200. The highest BCUT2D eigenvalue weighted by Gasteiger charge is 2.05. The smallest absolute Gasteiger partial charge is 0.0974 e. The van der Waals surface area contributed by atoms with Gasteiger partial charge in [0.05, 0.1) is 20.2 Å². The van der Waals surface area contributed by atoms with E-state index in [0.29, 0.717) is 6.54 Å². The lowest BCUT2D eigenvalue weighted by Crippen LogP contribution is -2.40. The summed E-state index contributed by atoms with van der Waals surface area (Å²) in [6.07, 6.45) is 0. The van der Waals surface area contributed by atoms with Gasteiger partial charge < -0.3 is 15.3 Å². The molecule has 5 heteroatoms. The van der Waals surface area contributed by atoms with Gasteiger partial charge in [0, 0.05) is 12.6 Å². The predicted octanol–water partition coefficient (Wildman–Crippen LogP) is -1.88. The number of rotatable bonds is 6. The molecule has 0 bridgehead atoms. The minimum atomic E-state index is -0.173. The highest BCUT2D eigenvalue weighted by Crippen LogP contribution is 1.88. The van der Waals surface area contributed by atoms with Crippen LogP contribution in [0.5, 0.6) is 0 Å². The molecule has 0 saturated heterocycles. The molecule has 4 N–H and O–H groups in total. The normalized spacial score (nSPS) is 13.9. The van der Waals surface area contributed by atoms with Gasteiger partial charge in [-0.15, -0.1) is 0 Å². The zero-order chi connectivity index (χ0) is 8.69. The number of nitrogens with zero attached hydrogens (tertiary/aromatic N) is 1. The second kappa shape index (κ2) is 6.51. The summed E-state index contributed by atoms with van der Waals surface area (Å²) in [5.74, 6) is 0. The molecule has 1 atom stereocenters. The third-order valence-electron chi connectivity index (χ3n) is 1.37. The molecule has 0 aliphatic rings. The van der Waals surface area contributed by atoms with E-state index in [0.717, 1.165) is 0 Å². The zero-order valence-corrected chi connectivity index (χ0v) is 6.69. The van der Waals surface area contributed by atoms with E-state index in [4.69, 9.17) is 15.3 Å². The maximum Gasteiger partial charge on any atom is 0.0974 e. The van der Waals surface area contributed by atoms with Gasteiger partial charge in [-0.25, -0.2) is 0 Å². The molecule has 0 aliphatic carbocycles. The minimum Gasteiger partial charge on any atom is -0.381 e. The lowest BCUT2D eigenvalue weighted by Gasteiger charge is -2.20.